The molecule has 0 spiro atoms. The zero-order chi connectivity index (χ0) is 101. The van der Waals surface area contributed by atoms with Crippen molar-refractivity contribution in [3.63, 3.8) is 0 Å². The fourth-order valence-corrected chi connectivity index (χ4v) is 21.8. The maximum Gasteiger partial charge on any atom is 0.141 e. The molecule has 0 atom stereocenters. The maximum atomic E-state index is 14.2. The fraction of sp³-hybridized carbons (Fsp3) is 0.118. The first-order chi connectivity index (χ1) is 71.9. The number of aromatic amines is 10. The summed E-state index contributed by atoms with van der Waals surface area (Å²) in [4.78, 5) is 106. The quantitative estimate of drug-likeness (QED) is 0.0692. The van der Waals surface area contributed by atoms with E-state index < -0.39 is 0 Å². The van der Waals surface area contributed by atoms with Gasteiger partial charge in [0.1, 0.15) is 46.6 Å². The van der Waals surface area contributed by atoms with E-state index in [2.05, 4.69) is 246 Å². The Labute approximate surface area is 846 Å². The minimum atomic E-state index is -0.270. The van der Waals surface area contributed by atoms with Crippen LogP contribution in [-0.4, -0.2) is 125 Å². The molecule has 0 bridgehead atoms. The molecule has 0 unspecified atom stereocenters. The second-order valence-corrected chi connectivity index (χ2v) is 40.8. The van der Waals surface area contributed by atoms with Gasteiger partial charge in [0.15, 0.2) is 0 Å². The number of nitrogens with zero attached hydrogens (tertiary/aromatic N) is 15. The number of rotatable bonds is 6. The molecule has 0 aliphatic rings. The molecule has 0 amide bonds. The van der Waals surface area contributed by atoms with Gasteiger partial charge in [0.05, 0.1) is 110 Å². The van der Waals surface area contributed by atoms with Gasteiger partial charge >= 0.3 is 0 Å². The highest BCUT2D eigenvalue weighted by Crippen LogP contribution is 2.48. The van der Waals surface area contributed by atoms with Gasteiger partial charge in [0.25, 0.3) is 0 Å². The number of hydrogen-bond acceptors (Lipinski definition) is 15. The molecule has 29 heteroatoms. The summed E-state index contributed by atoms with van der Waals surface area (Å²) in [6, 6.07) is 66.9. The molecule has 30 rings (SSSR count). The van der Waals surface area contributed by atoms with E-state index >= 15 is 0 Å². The lowest BCUT2D eigenvalue weighted by Gasteiger charge is -2.18. The molecule has 718 valence electrons. The zero-order valence-corrected chi connectivity index (χ0v) is 83.4. The van der Waals surface area contributed by atoms with Gasteiger partial charge in [-0.15, -0.1) is 0 Å². The van der Waals surface area contributed by atoms with Crippen molar-refractivity contribution in [1.29, 1.82) is 0 Å². The topological polar surface area (TPSA) is 351 Å². The number of hydrogen-bond donors (Lipinski definition) is 10. The van der Waals surface area contributed by atoms with Gasteiger partial charge in [0, 0.05) is 242 Å². The number of imidazole rings is 5. The van der Waals surface area contributed by atoms with Crippen molar-refractivity contribution in [3.8, 4) is 56.9 Å². The van der Waals surface area contributed by atoms with Crippen LogP contribution in [0.5, 0.6) is 0 Å². The molecule has 0 saturated heterocycles. The van der Waals surface area contributed by atoms with Crippen LogP contribution in [-0.2, 0) is 10.8 Å². The first-order valence-corrected chi connectivity index (χ1v) is 49.5. The molecule has 30 aromatic rings. The van der Waals surface area contributed by atoms with Crippen molar-refractivity contribution >= 4 is 235 Å². The predicted octanol–water partition coefficient (Wildman–Crippen LogP) is 29.9. The number of benzene rings is 10. The highest BCUT2D eigenvalue weighted by molar-refractivity contribution is 9.10. The van der Waals surface area contributed by atoms with E-state index in [1.54, 1.807) is 73.6 Å². The van der Waals surface area contributed by atoms with Crippen molar-refractivity contribution in [2.45, 2.75) is 92.9 Å². The molecule has 20 heterocycles. The van der Waals surface area contributed by atoms with E-state index in [0.717, 1.165) is 286 Å². The predicted molar refractivity (Wildman–Crippen MR) is 593 cm³/mol. The van der Waals surface area contributed by atoms with Gasteiger partial charge in [-0.25, -0.2) is 38.1 Å². The first kappa shape index (κ1) is 89.7. The molecule has 10 aromatic carbocycles. The number of fused-ring (bicyclic) bond motifs is 35. The Balaban J connectivity index is 0.0000000937. The monoisotopic (exact) mass is 2000 g/mol. The third-order valence-corrected chi connectivity index (χ3v) is 28.5. The Hall–Kier alpha value is -18.4. The van der Waals surface area contributed by atoms with Gasteiger partial charge in [-0.1, -0.05) is 82.9 Å². The summed E-state index contributed by atoms with van der Waals surface area (Å²) >= 11 is 3.64. The third kappa shape index (κ3) is 14.7. The molecule has 0 radical (unpaired) electrons. The Morgan fingerprint density at radius 2 is 0.473 bits per heavy atom. The van der Waals surface area contributed by atoms with Gasteiger partial charge in [0.2, 0.25) is 0 Å². The molecule has 0 fully saturated rings. The lowest BCUT2D eigenvalue weighted by molar-refractivity contribution is 0.575. The van der Waals surface area contributed by atoms with Crippen LogP contribution in [0.25, 0.3) is 276 Å². The van der Waals surface area contributed by atoms with E-state index in [1.165, 1.54) is 29.1 Å². The number of halogens is 4. The van der Waals surface area contributed by atoms with Crippen LogP contribution in [0, 0.1) is 38.2 Å². The van der Waals surface area contributed by atoms with Gasteiger partial charge < -0.3 is 49.8 Å². The zero-order valence-electron chi connectivity index (χ0n) is 81.8. The van der Waals surface area contributed by atoms with E-state index in [9.17, 15) is 13.2 Å². The van der Waals surface area contributed by atoms with E-state index in [0.29, 0.717) is 17.5 Å². The molecule has 0 saturated carbocycles. The molecule has 25 nitrogen and oxygen atoms in total. The minimum absolute atomic E-state index is 0.0763. The lowest BCUT2D eigenvalue weighted by Crippen LogP contribution is -2.13. The second-order valence-electron chi connectivity index (χ2n) is 39.9. The summed E-state index contributed by atoms with van der Waals surface area (Å²) in [7, 11) is 0. The highest BCUT2D eigenvalue weighted by atomic mass is 79.9. The van der Waals surface area contributed by atoms with Crippen LogP contribution < -0.4 is 0 Å². The molecule has 20 aromatic heterocycles. The molecular weight excluding hydrogens is 1920 g/mol. The van der Waals surface area contributed by atoms with Gasteiger partial charge in [-0.3, -0.25) is 49.8 Å². The maximum absolute atomic E-state index is 14.2. The van der Waals surface area contributed by atoms with Crippen LogP contribution in [0.2, 0.25) is 0 Å². The van der Waals surface area contributed by atoms with E-state index in [-0.39, 0.29) is 34.2 Å². The van der Waals surface area contributed by atoms with Gasteiger partial charge in [-0.2, -0.15) is 0 Å². The smallest absolute Gasteiger partial charge is 0.141 e. The molecule has 148 heavy (non-hydrogen) atoms. The molecule has 0 aliphatic carbocycles. The van der Waals surface area contributed by atoms with Crippen LogP contribution in [0.4, 0.5) is 13.2 Å². The number of aromatic nitrogens is 25. The first-order valence-electron chi connectivity index (χ1n) is 48.7. The summed E-state index contributed by atoms with van der Waals surface area (Å²) in [6.45, 7) is 23.5. The van der Waals surface area contributed by atoms with Gasteiger partial charge in [-0.05, 0) is 233 Å². The summed E-state index contributed by atoms with van der Waals surface area (Å²) in [6.07, 6.45) is 17.9. The van der Waals surface area contributed by atoms with Crippen molar-refractivity contribution in [1.82, 2.24) is 125 Å². The Bertz CT molecular complexity index is 9900. The van der Waals surface area contributed by atoms with Crippen LogP contribution in [0.3, 0.4) is 0 Å². The summed E-state index contributed by atoms with van der Waals surface area (Å²) in [5, 5.41) is 14.6. The highest BCUT2D eigenvalue weighted by Gasteiger charge is 2.32. The van der Waals surface area contributed by atoms with Crippen LogP contribution in [0.1, 0.15) is 95.3 Å². The van der Waals surface area contributed by atoms with Crippen LogP contribution >= 0.6 is 15.9 Å². The summed E-state index contributed by atoms with van der Waals surface area (Å²) in [5.74, 6) is 3.26. The average molecular weight is 2010 g/mol. The lowest BCUT2D eigenvalue weighted by atomic mass is 9.88. The van der Waals surface area contributed by atoms with E-state index in [4.69, 9.17) is 24.9 Å². The fourth-order valence-electron chi connectivity index (χ4n) is 21.5. The van der Waals surface area contributed by atoms with Crippen molar-refractivity contribution < 1.29 is 13.2 Å². The SMILES string of the molecule is CC(C)(C)c1[nH]c2ccc(Br)cc2c1-c1nc2c3cccnc3c3ncccc3c2[nH]1.CC(C)(C)c1[nH]c2ccc(F)cc2c1-c1nc2c3cccnc3c3ncccc3c2[nH]1.CC(C)c1[nH]c2ccc(F)cc2c1-c1nc2c3cccnc3c3ncccc3c2[nH]1.Cc1[nH]c2ccc(F)cc2c1-c1nc2c3cccnc3c3ncccc3c2[nH]1.Cc1ccc2[nH]c(C)c(-c3nc4c5cccnc5c5ncccc5c4[nH]3)c2c1. The van der Waals surface area contributed by atoms with Crippen molar-refractivity contribution in [3.05, 3.63) is 330 Å². The number of aryl methyl sites for hydroxylation is 3. The average Bonchev–Trinajstić information content (AvgIpc) is 1.58. The number of nitrogens with one attached hydrogen (secondary N) is 10. The standard InChI is InChI=1S/C25H20BrN5.C25H20FN5.C24H18FN5.C23H17N5.C22H14FN5/c2*1-25(2,3)23-18(16-12-13(26)8-9-17(16)29-23)24-30-21-14-6-4-10-27-19(14)20-15(22(21)31-24)7-5-11-28-20;1-12(2)19-18(16-11-13(25)7-8-17(16)28-19)24-29-22-14-5-3-9-26-20(14)21-15(23(22)30-24)6-4-10-27-21;1-12-7-8-17-16(11-12)18(13(2)26-17)23-27-21-14-5-3-9-24-19(14)20-15(22(21)28-23)6-4-10-25-20;1-11-17(15-10-12(23)6-7-16(15)26-11)22-27-20-13-4-2-8-24-18(13)19-14(21(20)28-22)5-3-9-25-19/h2*4-12,29H,1-3H3,(H,30,31);3-12,28H,1-2H3,(H,29,30);3-11,26H,1-2H3,(H,27,28);2-10,26H,1H3,(H,27,28). The largest absolute Gasteiger partial charge is 0.358 e. The van der Waals surface area contributed by atoms with Crippen LogP contribution in [0.15, 0.2) is 279 Å². The summed E-state index contributed by atoms with van der Waals surface area (Å²) < 4.78 is 43.2. The minimum Gasteiger partial charge on any atom is -0.358 e. The summed E-state index contributed by atoms with van der Waals surface area (Å²) in [5.41, 5.74) is 33.6. The Morgan fingerprint density at radius 3 is 0.777 bits per heavy atom. The normalized spacial score (nSPS) is 12.2. The third-order valence-electron chi connectivity index (χ3n) is 28.0. The van der Waals surface area contributed by atoms with Crippen molar-refractivity contribution in [2.24, 2.45) is 0 Å². The molecule has 10 N–H and O–H groups in total. The number of pyridine rings is 10. The number of H-pyrrole nitrogens is 10. The Kier molecular flexibility index (Phi) is 20.9. The van der Waals surface area contributed by atoms with Crippen molar-refractivity contribution in [2.75, 3.05) is 0 Å². The Morgan fingerprint density at radius 1 is 0.236 bits per heavy atom. The molecule has 0 aliphatic heterocycles. The second kappa shape index (κ2) is 34.4. The molecular formula is C119H89BrF3N25. The van der Waals surface area contributed by atoms with E-state index in [1.807, 2.05) is 129 Å².